The Balaban J connectivity index is 2.82. The number of aliphatic carboxylic acids is 1. The molecule has 1 aliphatic rings. The average Bonchev–Trinajstić information content (AvgIpc) is 2.13. The van der Waals surface area contributed by atoms with Gasteiger partial charge in [-0.3, -0.25) is 0 Å². The summed E-state index contributed by atoms with van der Waals surface area (Å²) in [5, 5.41) is 9.60. The molecule has 0 aromatic rings. The highest BCUT2D eigenvalue weighted by molar-refractivity contribution is 7.22. The maximum absolute atomic E-state index is 10.5. The summed E-state index contributed by atoms with van der Waals surface area (Å²) in [6, 6.07) is 0. The number of allylic oxidation sites excluding steroid dienone is 1. The minimum absolute atomic E-state index is 0.515. The van der Waals surface area contributed by atoms with E-state index in [4.69, 9.17) is 10.8 Å². The van der Waals surface area contributed by atoms with Crippen molar-refractivity contribution in [3.05, 3.63) is 11.4 Å². The lowest BCUT2D eigenvalue weighted by Crippen LogP contribution is -2.44. The van der Waals surface area contributed by atoms with Crippen molar-refractivity contribution in [2.75, 3.05) is 0 Å². The van der Waals surface area contributed by atoms with Crippen LogP contribution in [0.2, 0.25) is 0 Å². The van der Waals surface area contributed by atoms with Crippen LogP contribution in [0.1, 0.15) is 12.8 Å². The number of nitrogens with two attached hydrogens (primary N) is 1. The number of hydrogen-bond donors (Lipinski definition) is 2. The third kappa shape index (κ3) is 1.20. The highest BCUT2D eigenvalue weighted by atomic mass is 31.0. The third-order valence-corrected chi connectivity index (χ3v) is 2.12. The van der Waals surface area contributed by atoms with Gasteiger partial charge in [-0.15, -0.1) is 9.24 Å². The lowest BCUT2D eigenvalue weighted by molar-refractivity contribution is -0.141. The Morgan fingerprint density at radius 3 is 2.70 bits per heavy atom. The van der Waals surface area contributed by atoms with E-state index < -0.39 is 11.5 Å². The molecule has 0 radical (unpaired) electrons. The van der Waals surface area contributed by atoms with Crippen LogP contribution in [0.4, 0.5) is 0 Å². The molecule has 1 rings (SSSR count). The summed E-state index contributed by atoms with van der Waals surface area (Å²) >= 11 is 0. The van der Waals surface area contributed by atoms with Crippen LogP contribution < -0.4 is 5.73 Å². The molecule has 0 aromatic heterocycles. The Hall–Kier alpha value is -0.400. The fourth-order valence-electron chi connectivity index (χ4n) is 0.995. The number of carbonyl (C=O) groups is 1. The molecule has 10 heavy (non-hydrogen) atoms. The van der Waals surface area contributed by atoms with E-state index in [0.717, 1.165) is 11.7 Å². The Labute approximate surface area is 61.5 Å². The Bertz CT molecular complexity index is 202. The van der Waals surface area contributed by atoms with Crippen molar-refractivity contribution >= 4 is 15.2 Å². The van der Waals surface area contributed by atoms with E-state index in [1.807, 2.05) is 0 Å². The largest absolute Gasteiger partial charge is 0.480 e. The van der Waals surface area contributed by atoms with Gasteiger partial charge in [0.15, 0.2) is 0 Å². The maximum atomic E-state index is 10.5. The zero-order valence-electron chi connectivity index (χ0n) is 5.50. The van der Waals surface area contributed by atoms with Crippen molar-refractivity contribution in [2.24, 2.45) is 5.73 Å². The first kappa shape index (κ1) is 7.70. The predicted molar refractivity (Wildman–Crippen MR) is 41.6 cm³/mol. The molecule has 3 N–H and O–H groups in total. The molecular weight excluding hydrogens is 149 g/mol. The van der Waals surface area contributed by atoms with E-state index >= 15 is 0 Å². The molecule has 0 bridgehead atoms. The summed E-state index contributed by atoms with van der Waals surface area (Å²) in [7, 11) is 2.48. The number of rotatable bonds is 1. The average molecular weight is 159 g/mol. The van der Waals surface area contributed by atoms with E-state index in [2.05, 4.69) is 9.24 Å². The van der Waals surface area contributed by atoms with E-state index in [-0.39, 0.29) is 0 Å². The van der Waals surface area contributed by atoms with Gasteiger partial charge in [-0.2, -0.15) is 0 Å². The molecule has 56 valence electrons. The second kappa shape index (κ2) is 2.33. The summed E-state index contributed by atoms with van der Waals surface area (Å²) in [4.78, 5) is 10.5. The van der Waals surface area contributed by atoms with Crippen molar-refractivity contribution in [1.82, 2.24) is 0 Å². The van der Waals surface area contributed by atoms with E-state index in [1.165, 1.54) is 0 Å². The van der Waals surface area contributed by atoms with Gasteiger partial charge in [0.2, 0.25) is 0 Å². The van der Waals surface area contributed by atoms with Gasteiger partial charge in [0.05, 0.1) is 0 Å². The molecule has 2 unspecified atom stereocenters. The molecule has 0 heterocycles. The Morgan fingerprint density at radius 1 is 1.90 bits per heavy atom. The van der Waals surface area contributed by atoms with Crippen LogP contribution in [-0.2, 0) is 4.79 Å². The first-order chi connectivity index (χ1) is 4.54. The van der Waals surface area contributed by atoms with Gasteiger partial charge in [-0.25, -0.2) is 4.79 Å². The summed E-state index contributed by atoms with van der Waals surface area (Å²) in [5.74, 6) is -0.940. The Kier molecular flexibility index (Phi) is 1.80. The van der Waals surface area contributed by atoms with Crippen molar-refractivity contribution in [3.63, 3.8) is 0 Å². The molecular formula is C6H10NO2P. The monoisotopic (exact) mass is 159 g/mol. The smallest absolute Gasteiger partial charge is 0.327 e. The molecule has 0 saturated carbocycles. The Morgan fingerprint density at radius 2 is 2.50 bits per heavy atom. The lowest BCUT2D eigenvalue weighted by Gasteiger charge is -2.13. The topological polar surface area (TPSA) is 63.3 Å². The number of hydrogen-bond acceptors (Lipinski definition) is 2. The van der Waals surface area contributed by atoms with E-state index in [1.54, 1.807) is 6.08 Å². The van der Waals surface area contributed by atoms with Gasteiger partial charge in [0.25, 0.3) is 0 Å². The zero-order valence-corrected chi connectivity index (χ0v) is 6.66. The minimum Gasteiger partial charge on any atom is -0.480 e. The molecule has 0 aliphatic heterocycles. The highest BCUT2D eigenvalue weighted by Crippen LogP contribution is 2.29. The van der Waals surface area contributed by atoms with Gasteiger partial charge >= 0.3 is 5.97 Å². The molecule has 4 heteroatoms. The van der Waals surface area contributed by atoms with Crippen molar-refractivity contribution in [2.45, 2.75) is 18.4 Å². The van der Waals surface area contributed by atoms with Crippen LogP contribution in [0.5, 0.6) is 0 Å². The maximum Gasteiger partial charge on any atom is 0.327 e. The second-order valence-electron chi connectivity index (χ2n) is 2.56. The molecule has 3 nitrogen and oxygen atoms in total. The fraction of sp³-hybridized carbons (Fsp3) is 0.500. The standard InChI is InChI=1S/C6H10NO2P/c7-6(5(8)9)2-1-4(10)3-6/h3H,1-2,7,10H2,(H,8,9). The van der Waals surface area contributed by atoms with E-state index in [0.29, 0.717) is 6.42 Å². The molecule has 0 saturated heterocycles. The summed E-state index contributed by atoms with van der Waals surface area (Å²) in [6.07, 6.45) is 2.88. The van der Waals surface area contributed by atoms with Gasteiger partial charge < -0.3 is 10.8 Å². The first-order valence-electron chi connectivity index (χ1n) is 3.04. The molecule has 0 spiro atoms. The molecule has 0 fully saturated rings. The lowest BCUT2D eigenvalue weighted by atomic mass is 10.0. The van der Waals surface area contributed by atoms with Crippen molar-refractivity contribution < 1.29 is 9.90 Å². The van der Waals surface area contributed by atoms with Gasteiger partial charge in [-0.1, -0.05) is 11.4 Å². The van der Waals surface area contributed by atoms with Gasteiger partial charge in [0.1, 0.15) is 5.54 Å². The van der Waals surface area contributed by atoms with Crippen LogP contribution in [0.15, 0.2) is 11.4 Å². The van der Waals surface area contributed by atoms with Crippen LogP contribution in [0.25, 0.3) is 0 Å². The first-order valence-corrected chi connectivity index (χ1v) is 3.62. The summed E-state index contributed by atoms with van der Waals surface area (Å²) in [5.41, 5.74) is 4.40. The van der Waals surface area contributed by atoms with Crippen LogP contribution in [-0.4, -0.2) is 16.6 Å². The summed E-state index contributed by atoms with van der Waals surface area (Å²) in [6.45, 7) is 0. The van der Waals surface area contributed by atoms with E-state index in [9.17, 15) is 4.79 Å². The van der Waals surface area contributed by atoms with Gasteiger partial charge in [0, 0.05) is 0 Å². The quantitative estimate of drug-likeness (QED) is 0.541. The normalized spacial score (nSPS) is 32.0. The zero-order chi connectivity index (χ0) is 7.78. The highest BCUT2D eigenvalue weighted by Gasteiger charge is 2.34. The molecule has 2 atom stereocenters. The van der Waals surface area contributed by atoms with Crippen LogP contribution in [0.3, 0.4) is 0 Å². The summed E-state index contributed by atoms with van der Waals surface area (Å²) < 4.78 is 0. The van der Waals surface area contributed by atoms with Gasteiger partial charge in [-0.05, 0) is 12.8 Å². The van der Waals surface area contributed by atoms with Crippen molar-refractivity contribution in [1.29, 1.82) is 0 Å². The minimum atomic E-state index is -1.10. The van der Waals surface area contributed by atoms with Crippen LogP contribution >= 0.6 is 9.24 Å². The van der Waals surface area contributed by atoms with Crippen LogP contribution in [0, 0.1) is 0 Å². The fourth-order valence-corrected chi connectivity index (χ4v) is 1.44. The second-order valence-corrected chi connectivity index (χ2v) is 3.31. The molecule has 0 amide bonds. The van der Waals surface area contributed by atoms with Crippen molar-refractivity contribution in [3.8, 4) is 0 Å². The number of carboxylic acid groups (broad SMARTS) is 1. The third-order valence-electron chi connectivity index (χ3n) is 1.67. The molecule has 1 aliphatic carbocycles. The predicted octanol–water partition coefficient (Wildman–Crippen LogP) is 0.321. The molecule has 0 aromatic carbocycles. The number of carboxylic acids is 1. The SMILES string of the molecule is NC1(C(=O)O)C=C(P)CC1.